The van der Waals surface area contributed by atoms with Crippen LogP contribution in [0.1, 0.15) is 52.9 Å². The van der Waals surface area contributed by atoms with Crippen LogP contribution in [-0.4, -0.2) is 21.8 Å². The summed E-state index contributed by atoms with van der Waals surface area (Å²) in [5.74, 6) is -0.798. The maximum atomic E-state index is 10.7. The molecule has 84 valence electrons. The Hall–Kier alpha value is -0.570. The van der Waals surface area contributed by atoms with Crippen molar-refractivity contribution in [3.63, 3.8) is 0 Å². The molecule has 0 aliphatic heterocycles. The maximum Gasteiger partial charge on any atom is 0.335 e. The van der Waals surface area contributed by atoms with Gasteiger partial charge in [0.05, 0.1) is 0 Å². The summed E-state index contributed by atoms with van der Waals surface area (Å²) in [6.07, 6.45) is 4.53. The van der Waals surface area contributed by atoms with Crippen molar-refractivity contribution in [1.82, 2.24) is 0 Å². The van der Waals surface area contributed by atoms with Crippen LogP contribution in [-0.2, 0) is 4.79 Å². The first-order valence-corrected chi connectivity index (χ1v) is 5.39. The molecule has 0 bridgehead atoms. The highest BCUT2D eigenvalue weighted by Gasteiger charge is 2.32. The van der Waals surface area contributed by atoms with Gasteiger partial charge in [-0.25, -0.2) is 4.79 Å². The van der Waals surface area contributed by atoms with Crippen molar-refractivity contribution in [3.8, 4) is 0 Å². The lowest BCUT2D eigenvalue weighted by Crippen LogP contribution is -2.36. The molecule has 2 atom stereocenters. The van der Waals surface area contributed by atoms with E-state index in [9.17, 15) is 9.90 Å². The number of aliphatic carboxylic acids is 1. The fourth-order valence-corrected chi connectivity index (χ4v) is 1.59. The predicted octanol–water partition coefficient (Wildman–Crippen LogP) is 2.43. The number of unbranched alkanes of at least 4 members (excludes halogenated alkanes) is 1. The highest BCUT2D eigenvalue weighted by Crippen LogP contribution is 2.24. The molecule has 14 heavy (non-hydrogen) atoms. The standard InChI is InChI=1S/C11H22O3/c1-4-6-7-9(5-2)8-11(3,14)10(12)13/h9,14H,4-8H2,1-3H3,(H,12,13)/t9?,11-/m1/s1. The Labute approximate surface area is 86.1 Å². The number of carboxylic acids is 1. The van der Waals surface area contributed by atoms with Crippen LogP contribution in [0.3, 0.4) is 0 Å². The van der Waals surface area contributed by atoms with E-state index < -0.39 is 11.6 Å². The Kier molecular flexibility index (Phi) is 5.77. The molecular formula is C11H22O3. The number of carbonyl (C=O) groups is 1. The van der Waals surface area contributed by atoms with Crippen molar-refractivity contribution >= 4 is 5.97 Å². The molecule has 3 heteroatoms. The highest BCUT2D eigenvalue weighted by molar-refractivity contribution is 5.76. The summed E-state index contributed by atoms with van der Waals surface area (Å²) in [6.45, 7) is 5.53. The van der Waals surface area contributed by atoms with Gasteiger partial charge < -0.3 is 10.2 Å². The molecule has 2 N–H and O–H groups in total. The van der Waals surface area contributed by atoms with Crippen molar-refractivity contribution in [1.29, 1.82) is 0 Å². The Morgan fingerprint density at radius 1 is 1.43 bits per heavy atom. The van der Waals surface area contributed by atoms with Crippen molar-refractivity contribution in [2.45, 2.75) is 58.5 Å². The van der Waals surface area contributed by atoms with E-state index in [0.29, 0.717) is 12.3 Å². The van der Waals surface area contributed by atoms with Gasteiger partial charge in [0.2, 0.25) is 0 Å². The van der Waals surface area contributed by atoms with Gasteiger partial charge in [-0.3, -0.25) is 0 Å². The maximum absolute atomic E-state index is 10.7. The van der Waals surface area contributed by atoms with Crippen LogP contribution in [0.2, 0.25) is 0 Å². The van der Waals surface area contributed by atoms with Gasteiger partial charge in [0.25, 0.3) is 0 Å². The van der Waals surface area contributed by atoms with Crippen LogP contribution in [0, 0.1) is 5.92 Å². The third kappa shape index (κ3) is 4.61. The zero-order chi connectivity index (χ0) is 11.2. The molecule has 0 spiro atoms. The number of hydrogen-bond donors (Lipinski definition) is 2. The molecule has 0 amide bonds. The molecule has 0 radical (unpaired) electrons. The summed E-state index contributed by atoms with van der Waals surface area (Å²) in [4.78, 5) is 10.7. The van der Waals surface area contributed by atoms with E-state index in [-0.39, 0.29) is 0 Å². The first-order chi connectivity index (χ1) is 6.44. The zero-order valence-electron chi connectivity index (χ0n) is 9.42. The second-order valence-electron chi connectivity index (χ2n) is 4.20. The molecule has 0 aromatic rings. The predicted molar refractivity (Wildman–Crippen MR) is 56.2 cm³/mol. The van der Waals surface area contributed by atoms with Crippen molar-refractivity contribution in [2.24, 2.45) is 5.92 Å². The fourth-order valence-electron chi connectivity index (χ4n) is 1.59. The average Bonchev–Trinajstić information content (AvgIpc) is 2.11. The van der Waals surface area contributed by atoms with Gasteiger partial charge in [-0.15, -0.1) is 0 Å². The molecule has 0 heterocycles. The monoisotopic (exact) mass is 202 g/mol. The van der Waals surface area contributed by atoms with E-state index in [1.807, 2.05) is 6.92 Å². The molecule has 0 aromatic heterocycles. The Morgan fingerprint density at radius 2 is 2.00 bits per heavy atom. The summed E-state index contributed by atoms with van der Waals surface area (Å²) in [7, 11) is 0. The van der Waals surface area contributed by atoms with Crippen LogP contribution in [0.5, 0.6) is 0 Å². The van der Waals surface area contributed by atoms with Gasteiger partial charge in [0.15, 0.2) is 5.60 Å². The lowest BCUT2D eigenvalue weighted by molar-refractivity contribution is -0.158. The van der Waals surface area contributed by atoms with Crippen molar-refractivity contribution < 1.29 is 15.0 Å². The molecule has 0 fully saturated rings. The minimum atomic E-state index is -1.56. The van der Waals surface area contributed by atoms with E-state index >= 15 is 0 Å². The normalized spacial score (nSPS) is 17.4. The Bertz CT molecular complexity index is 175. The molecule has 3 nitrogen and oxygen atoms in total. The summed E-state index contributed by atoms with van der Waals surface area (Å²) in [6, 6.07) is 0. The first-order valence-electron chi connectivity index (χ1n) is 5.39. The van der Waals surface area contributed by atoms with Crippen molar-refractivity contribution in [2.75, 3.05) is 0 Å². The van der Waals surface area contributed by atoms with Gasteiger partial charge in [-0.05, 0) is 19.3 Å². The molecule has 0 rings (SSSR count). The lowest BCUT2D eigenvalue weighted by atomic mass is 9.87. The van der Waals surface area contributed by atoms with Crippen LogP contribution < -0.4 is 0 Å². The molecule has 1 unspecified atom stereocenters. The smallest absolute Gasteiger partial charge is 0.335 e. The molecule has 0 saturated carbocycles. The van der Waals surface area contributed by atoms with E-state index in [1.54, 1.807) is 0 Å². The quantitative estimate of drug-likeness (QED) is 0.666. The van der Waals surface area contributed by atoms with E-state index in [1.165, 1.54) is 6.92 Å². The van der Waals surface area contributed by atoms with E-state index in [2.05, 4.69) is 6.92 Å². The topological polar surface area (TPSA) is 57.5 Å². The molecule has 0 aliphatic rings. The number of carboxylic acid groups (broad SMARTS) is 1. The summed E-state index contributed by atoms with van der Waals surface area (Å²) in [5, 5.41) is 18.4. The van der Waals surface area contributed by atoms with E-state index in [0.717, 1.165) is 25.7 Å². The summed E-state index contributed by atoms with van der Waals surface area (Å²) >= 11 is 0. The van der Waals surface area contributed by atoms with Gasteiger partial charge in [0, 0.05) is 0 Å². The zero-order valence-corrected chi connectivity index (χ0v) is 9.42. The van der Waals surface area contributed by atoms with Crippen LogP contribution in [0.4, 0.5) is 0 Å². The second kappa shape index (κ2) is 6.02. The molecular weight excluding hydrogens is 180 g/mol. The molecule has 0 aromatic carbocycles. The second-order valence-corrected chi connectivity index (χ2v) is 4.20. The molecule has 0 saturated heterocycles. The third-order valence-electron chi connectivity index (χ3n) is 2.69. The Balaban J connectivity index is 4.09. The largest absolute Gasteiger partial charge is 0.479 e. The minimum absolute atomic E-state index is 0.320. The lowest BCUT2D eigenvalue weighted by Gasteiger charge is -2.23. The third-order valence-corrected chi connectivity index (χ3v) is 2.69. The molecule has 0 aliphatic carbocycles. The average molecular weight is 202 g/mol. The Morgan fingerprint density at radius 3 is 2.36 bits per heavy atom. The first kappa shape index (κ1) is 13.4. The van der Waals surface area contributed by atoms with Gasteiger partial charge in [-0.1, -0.05) is 39.5 Å². The van der Waals surface area contributed by atoms with Gasteiger partial charge in [-0.2, -0.15) is 0 Å². The number of aliphatic hydroxyl groups is 1. The SMILES string of the molecule is CCCCC(CC)C[C@@](C)(O)C(=O)O. The van der Waals surface area contributed by atoms with Crippen molar-refractivity contribution in [3.05, 3.63) is 0 Å². The van der Waals surface area contributed by atoms with E-state index in [4.69, 9.17) is 5.11 Å². The summed E-state index contributed by atoms with van der Waals surface area (Å²) in [5.41, 5.74) is -1.56. The minimum Gasteiger partial charge on any atom is -0.479 e. The van der Waals surface area contributed by atoms with Gasteiger partial charge >= 0.3 is 5.97 Å². The van der Waals surface area contributed by atoms with Crippen LogP contribution >= 0.6 is 0 Å². The van der Waals surface area contributed by atoms with Crippen LogP contribution in [0.25, 0.3) is 0 Å². The summed E-state index contributed by atoms with van der Waals surface area (Å²) < 4.78 is 0. The highest BCUT2D eigenvalue weighted by atomic mass is 16.4. The number of hydrogen-bond acceptors (Lipinski definition) is 2. The fraction of sp³-hybridized carbons (Fsp3) is 0.909. The van der Waals surface area contributed by atoms with Crippen LogP contribution in [0.15, 0.2) is 0 Å². The number of rotatable bonds is 7. The van der Waals surface area contributed by atoms with Gasteiger partial charge in [0.1, 0.15) is 0 Å².